The van der Waals surface area contributed by atoms with Gasteiger partial charge in [-0.25, -0.2) is 0 Å². The van der Waals surface area contributed by atoms with Gasteiger partial charge in [-0.2, -0.15) is 9.78 Å². The number of aryl methyl sites for hydroxylation is 2. The maximum Gasteiger partial charge on any atom is 0.390 e. The first-order valence-corrected chi connectivity index (χ1v) is 10.3. The van der Waals surface area contributed by atoms with Crippen molar-refractivity contribution in [3.8, 4) is 0 Å². The number of nitrogens with zero attached hydrogens (tertiary/aromatic N) is 6. The molecule has 0 spiro atoms. The Kier molecular flexibility index (Phi) is 5.86. The molecule has 0 bridgehead atoms. The Morgan fingerprint density at radius 2 is 2.09 bits per heavy atom. The summed E-state index contributed by atoms with van der Waals surface area (Å²) in [4.78, 5) is 23.3. The molecule has 1 N–H and O–H groups in total. The smallest absolute Gasteiger partial charge is 0.361 e. The van der Waals surface area contributed by atoms with Gasteiger partial charge in [0.25, 0.3) is 5.91 Å². The van der Waals surface area contributed by atoms with Crippen molar-refractivity contribution in [1.82, 2.24) is 24.7 Å². The lowest BCUT2D eigenvalue weighted by Crippen LogP contribution is -2.16. The third kappa shape index (κ3) is 4.59. The largest absolute Gasteiger partial charge is 0.390 e. The SMILES string of the molecule is Cc1onc(C(=O)Nc2cccc(Cn3cc(Br)cn3)c2)c1Cn1nc([N+](=O)[O-])cc1C. The molecule has 11 nitrogen and oxygen atoms in total. The van der Waals surface area contributed by atoms with E-state index in [0.29, 0.717) is 29.2 Å². The average molecular weight is 500 g/mol. The molecule has 4 aromatic rings. The quantitative estimate of drug-likeness (QED) is 0.302. The number of nitro groups is 1. The van der Waals surface area contributed by atoms with E-state index in [1.165, 1.54) is 10.7 Å². The zero-order valence-corrected chi connectivity index (χ0v) is 18.7. The van der Waals surface area contributed by atoms with Crippen LogP contribution in [-0.2, 0) is 13.1 Å². The first-order chi connectivity index (χ1) is 15.3. The number of amides is 1. The van der Waals surface area contributed by atoms with E-state index in [1.54, 1.807) is 30.8 Å². The van der Waals surface area contributed by atoms with Gasteiger partial charge in [-0.05, 0) is 52.4 Å². The molecule has 164 valence electrons. The summed E-state index contributed by atoms with van der Waals surface area (Å²) >= 11 is 3.37. The molecule has 0 radical (unpaired) electrons. The minimum absolute atomic E-state index is 0.0986. The van der Waals surface area contributed by atoms with Crippen LogP contribution in [0.3, 0.4) is 0 Å². The van der Waals surface area contributed by atoms with Crippen molar-refractivity contribution in [2.24, 2.45) is 0 Å². The van der Waals surface area contributed by atoms with Crippen LogP contribution in [0.15, 0.2) is 51.7 Å². The molecule has 0 aliphatic rings. The predicted octanol–water partition coefficient (Wildman–Crippen LogP) is 3.70. The van der Waals surface area contributed by atoms with Crippen LogP contribution in [0, 0.1) is 24.0 Å². The Bertz CT molecular complexity index is 1310. The van der Waals surface area contributed by atoms with Gasteiger partial charge in [0, 0.05) is 11.9 Å². The van der Waals surface area contributed by atoms with E-state index in [4.69, 9.17) is 4.52 Å². The molecule has 0 saturated heterocycles. The molecule has 0 aliphatic heterocycles. The van der Waals surface area contributed by atoms with Gasteiger partial charge in [0.15, 0.2) is 5.69 Å². The fraction of sp³-hybridized carbons (Fsp3) is 0.200. The van der Waals surface area contributed by atoms with Gasteiger partial charge >= 0.3 is 5.82 Å². The van der Waals surface area contributed by atoms with Crippen LogP contribution in [0.5, 0.6) is 0 Å². The van der Waals surface area contributed by atoms with Crippen molar-refractivity contribution in [1.29, 1.82) is 0 Å². The summed E-state index contributed by atoms with van der Waals surface area (Å²) in [6, 6.07) is 8.76. The van der Waals surface area contributed by atoms with Crippen LogP contribution in [0.2, 0.25) is 0 Å². The Morgan fingerprint density at radius 3 is 2.78 bits per heavy atom. The Labute approximate surface area is 190 Å². The second-order valence-electron chi connectivity index (χ2n) is 7.14. The third-order valence-electron chi connectivity index (χ3n) is 4.79. The highest BCUT2D eigenvalue weighted by molar-refractivity contribution is 9.10. The van der Waals surface area contributed by atoms with Crippen LogP contribution < -0.4 is 5.32 Å². The van der Waals surface area contributed by atoms with Gasteiger partial charge in [0.2, 0.25) is 0 Å². The number of anilines is 1. The number of hydrogen-bond acceptors (Lipinski definition) is 7. The number of aromatic nitrogens is 5. The molecule has 0 fully saturated rings. The van der Waals surface area contributed by atoms with Crippen molar-refractivity contribution in [2.75, 3.05) is 5.32 Å². The van der Waals surface area contributed by atoms with Gasteiger partial charge in [0.05, 0.1) is 46.2 Å². The number of rotatable bonds is 7. The van der Waals surface area contributed by atoms with E-state index in [2.05, 4.69) is 36.6 Å². The van der Waals surface area contributed by atoms with Gasteiger partial charge in [0.1, 0.15) is 5.76 Å². The van der Waals surface area contributed by atoms with Crippen molar-refractivity contribution in [3.63, 3.8) is 0 Å². The number of carbonyl (C=O) groups is 1. The summed E-state index contributed by atoms with van der Waals surface area (Å²) in [7, 11) is 0. The van der Waals surface area contributed by atoms with E-state index in [-0.39, 0.29) is 18.1 Å². The summed E-state index contributed by atoms with van der Waals surface area (Å²) in [6.07, 6.45) is 3.56. The molecular formula is C20H18BrN7O4. The van der Waals surface area contributed by atoms with Gasteiger partial charge in [-0.3, -0.25) is 9.48 Å². The number of halogens is 1. The second kappa shape index (κ2) is 8.75. The average Bonchev–Trinajstić information content (AvgIpc) is 3.42. The van der Waals surface area contributed by atoms with Crippen molar-refractivity contribution in [2.45, 2.75) is 26.9 Å². The van der Waals surface area contributed by atoms with Crippen molar-refractivity contribution < 1.29 is 14.2 Å². The van der Waals surface area contributed by atoms with E-state index in [9.17, 15) is 14.9 Å². The zero-order chi connectivity index (χ0) is 22.8. The Morgan fingerprint density at radius 1 is 1.28 bits per heavy atom. The third-order valence-corrected chi connectivity index (χ3v) is 5.20. The van der Waals surface area contributed by atoms with Gasteiger partial charge in [-0.15, -0.1) is 0 Å². The van der Waals surface area contributed by atoms with E-state index >= 15 is 0 Å². The van der Waals surface area contributed by atoms with Crippen LogP contribution in [0.4, 0.5) is 11.5 Å². The maximum atomic E-state index is 12.9. The number of nitrogens with one attached hydrogen (secondary N) is 1. The topological polar surface area (TPSA) is 134 Å². The van der Waals surface area contributed by atoms with Crippen LogP contribution >= 0.6 is 15.9 Å². The number of hydrogen-bond donors (Lipinski definition) is 1. The molecule has 32 heavy (non-hydrogen) atoms. The molecule has 3 heterocycles. The standard InChI is InChI=1S/C20H18BrN7O4/c1-12-6-18(28(30)31)24-27(12)11-17-13(2)32-25-19(17)20(29)23-16-5-3-4-14(7-16)9-26-10-15(21)8-22-26/h3-8,10H,9,11H2,1-2H3,(H,23,29). The lowest BCUT2D eigenvalue weighted by molar-refractivity contribution is -0.389. The Balaban J connectivity index is 1.52. The first kappa shape index (κ1) is 21.4. The molecule has 0 saturated carbocycles. The minimum atomic E-state index is -0.563. The molecule has 0 atom stereocenters. The Hall–Kier alpha value is -3.80. The van der Waals surface area contributed by atoms with Crippen LogP contribution in [0.1, 0.15) is 33.1 Å². The van der Waals surface area contributed by atoms with Gasteiger partial charge < -0.3 is 20.0 Å². The maximum absolute atomic E-state index is 12.9. The van der Waals surface area contributed by atoms with Gasteiger partial charge in [-0.1, -0.05) is 17.3 Å². The van der Waals surface area contributed by atoms with Crippen molar-refractivity contribution in [3.05, 3.63) is 85.6 Å². The lowest BCUT2D eigenvalue weighted by atomic mass is 10.1. The molecule has 3 aromatic heterocycles. The molecule has 0 unspecified atom stereocenters. The summed E-state index contributed by atoms with van der Waals surface area (Å²) < 4.78 is 9.32. The summed E-state index contributed by atoms with van der Waals surface area (Å²) in [5.74, 6) is -0.274. The summed E-state index contributed by atoms with van der Waals surface area (Å²) in [5, 5.41) is 25.9. The predicted molar refractivity (Wildman–Crippen MR) is 117 cm³/mol. The monoisotopic (exact) mass is 499 g/mol. The first-order valence-electron chi connectivity index (χ1n) is 9.52. The molecule has 4 rings (SSSR count). The summed E-state index contributed by atoms with van der Waals surface area (Å²) in [6.45, 7) is 4.04. The normalized spacial score (nSPS) is 11.0. The molecular weight excluding hydrogens is 482 g/mol. The highest BCUT2D eigenvalue weighted by Crippen LogP contribution is 2.20. The number of carbonyl (C=O) groups excluding carboxylic acids is 1. The van der Waals surface area contributed by atoms with E-state index in [0.717, 1.165) is 10.0 Å². The molecule has 0 aliphatic carbocycles. The van der Waals surface area contributed by atoms with E-state index < -0.39 is 10.8 Å². The highest BCUT2D eigenvalue weighted by atomic mass is 79.9. The lowest BCUT2D eigenvalue weighted by Gasteiger charge is -2.08. The number of benzene rings is 1. The summed E-state index contributed by atoms with van der Waals surface area (Å²) in [5.41, 5.74) is 2.73. The van der Waals surface area contributed by atoms with Crippen LogP contribution in [-0.4, -0.2) is 35.5 Å². The molecule has 12 heteroatoms. The zero-order valence-electron chi connectivity index (χ0n) is 17.1. The minimum Gasteiger partial charge on any atom is -0.361 e. The van der Waals surface area contributed by atoms with E-state index in [1.807, 2.05) is 24.4 Å². The second-order valence-corrected chi connectivity index (χ2v) is 8.05. The fourth-order valence-electron chi connectivity index (χ4n) is 3.20. The molecule has 1 amide bonds. The fourth-order valence-corrected chi connectivity index (χ4v) is 3.53. The highest BCUT2D eigenvalue weighted by Gasteiger charge is 2.24. The molecule has 1 aromatic carbocycles. The van der Waals surface area contributed by atoms with Crippen LogP contribution in [0.25, 0.3) is 0 Å². The van der Waals surface area contributed by atoms with Crippen molar-refractivity contribution >= 4 is 33.3 Å².